The van der Waals surface area contributed by atoms with Gasteiger partial charge in [0.05, 0.1) is 11.4 Å². The number of hydrogen-bond acceptors (Lipinski definition) is 4. The summed E-state index contributed by atoms with van der Waals surface area (Å²) in [6.45, 7) is 11.7. The van der Waals surface area contributed by atoms with Gasteiger partial charge < -0.3 is 10.6 Å². The molecule has 0 bridgehead atoms. The minimum atomic E-state index is -3.50. The molecule has 6 nitrogen and oxygen atoms in total. The molecule has 2 rings (SSSR count). The van der Waals surface area contributed by atoms with Crippen LogP contribution in [0.25, 0.3) is 0 Å². The fraction of sp³-hybridized carbons (Fsp3) is 0.650. The summed E-state index contributed by atoms with van der Waals surface area (Å²) in [5.41, 5.74) is 0.494. The number of nitrogens with zero attached hydrogens (tertiary/aromatic N) is 1. The second kappa shape index (κ2) is 8.71. The zero-order valence-electron chi connectivity index (χ0n) is 17.1. The fourth-order valence-electron chi connectivity index (χ4n) is 3.31. The molecule has 1 saturated heterocycles. The Morgan fingerprint density at radius 3 is 2.22 bits per heavy atom. The second-order valence-electron chi connectivity index (χ2n) is 8.43. The van der Waals surface area contributed by atoms with Gasteiger partial charge in [-0.2, -0.15) is 4.31 Å². The van der Waals surface area contributed by atoms with E-state index in [4.69, 9.17) is 0 Å². The molecule has 0 spiro atoms. The first-order valence-electron chi connectivity index (χ1n) is 9.68. The molecule has 1 heterocycles. The quantitative estimate of drug-likeness (QED) is 0.744. The van der Waals surface area contributed by atoms with Crippen molar-refractivity contribution in [2.45, 2.75) is 57.9 Å². The van der Waals surface area contributed by atoms with Crippen molar-refractivity contribution >= 4 is 21.6 Å². The van der Waals surface area contributed by atoms with Crippen LogP contribution in [0.1, 0.15) is 47.5 Å². The number of sulfonamides is 1. The Bertz CT molecular complexity index is 734. The SMILES string of the molecule is CCC(C)(C)NCC(=O)Nc1ccc(S(=O)(=O)N2C[C@@H](C)C[C@H](C)C2)cc1. The normalized spacial score (nSPS) is 21.8. The van der Waals surface area contributed by atoms with E-state index in [0.717, 1.165) is 12.8 Å². The summed E-state index contributed by atoms with van der Waals surface area (Å²) < 4.78 is 27.4. The van der Waals surface area contributed by atoms with E-state index < -0.39 is 10.0 Å². The molecule has 0 saturated carbocycles. The van der Waals surface area contributed by atoms with E-state index in [-0.39, 0.29) is 22.9 Å². The van der Waals surface area contributed by atoms with Crippen LogP contribution in [0.15, 0.2) is 29.2 Å². The maximum atomic E-state index is 12.9. The van der Waals surface area contributed by atoms with Gasteiger partial charge in [0.15, 0.2) is 0 Å². The molecule has 27 heavy (non-hydrogen) atoms. The highest BCUT2D eigenvalue weighted by Crippen LogP contribution is 2.27. The number of carbonyl (C=O) groups is 1. The van der Waals surface area contributed by atoms with Crippen molar-refractivity contribution in [1.82, 2.24) is 9.62 Å². The van der Waals surface area contributed by atoms with E-state index in [0.29, 0.717) is 30.6 Å². The van der Waals surface area contributed by atoms with Crippen LogP contribution in [0, 0.1) is 11.8 Å². The number of benzene rings is 1. The minimum Gasteiger partial charge on any atom is -0.325 e. The van der Waals surface area contributed by atoms with Crippen LogP contribution >= 0.6 is 0 Å². The van der Waals surface area contributed by atoms with Crippen molar-refractivity contribution in [3.05, 3.63) is 24.3 Å². The van der Waals surface area contributed by atoms with Crippen molar-refractivity contribution in [3.63, 3.8) is 0 Å². The van der Waals surface area contributed by atoms with Crippen LogP contribution in [0.2, 0.25) is 0 Å². The lowest BCUT2D eigenvalue weighted by Crippen LogP contribution is -2.43. The maximum Gasteiger partial charge on any atom is 0.243 e. The molecule has 0 unspecified atom stereocenters. The number of nitrogens with one attached hydrogen (secondary N) is 2. The van der Waals surface area contributed by atoms with Crippen LogP contribution < -0.4 is 10.6 Å². The number of hydrogen-bond donors (Lipinski definition) is 2. The van der Waals surface area contributed by atoms with Crippen LogP contribution in [-0.2, 0) is 14.8 Å². The van der Waals surface area contributed by atoms with E-state index in [2.05, 4.69) is 31.4 Å². The van der Waals surface area contributed by atoms with Crippen LogP contribution in [-0.4, -0.2) is 43.8 Å². The predicted molar refractivity (Wildman–Crippen MR) is 109 cm³/mol. The van der Waals surface area contributed by atoms with Crippen LogP contribution in [0.5, 0.6) is 0 Å². The molecule has 1 amide bonds. The molecule has 2 N–H and O–H groups in total. The molecule has 0 aromatic heterocycles. The number of amides is 1. The lowest BCUT2D eigenvalue weighted by atomic mass is 9.94. The molecule has 0 aliphatic carbocycles. The fourth-order valence-corrected chi connectivity index (χ4v) is 4.99. The van der Waals surface area contributed by atoms with Gasteiger partial charge in [-0.1, -0.05) is 20.8 Å². The molecule has 1 aliphatic rings. The first-order valence-corrected chi connectivity index (χ1v) is 11.1. The Balaban J connectivity index is 2.01. The lowest BCUT2D eigenvalue weighted by Gasteiger charge is -2.34. The van der Waals surface area contributed by atoms with E-state index in [1.807, 2.05) is 13.8 Å². The largest absolute Gasteiger partial charge is 0.325 e. The molecule has 1 aromatic carbocycles. The average molecular weight is 396 g/mol. The summed E-state index contributed by atoms with van der Waals surface area (Å²) in [7, 11) is -3.50. The molecule has 2 atom stereocenters. The first-order chi connectivity index (χ1) is 12.5. The molecular weight excluding hydrogens is 362 g/mol. The molecule has 1 aromatic rings. The summed E-state index contributed by atoms with van der Waals surface area (Å²) in [6.07, 6.45) is 1.97. The average Bonchev–Trinajstić information content (AvgIpc) is 2.60. The Morgan fingerprint density at radius 2 is 1.70 bits per heavy atom. The van der Waals surface area contributed by atoms with E-state index in [1.54, 1.807) is 28.6 Å². The second-order valence-corrected chi connectivity index (χ2v) is 10.4. The molecule has 1 aliphatic heterocycles. The highest BCUT2D eigenvalue weighted by Gasteiger charge is 2.31. The number of rotatable bonds is 7. The third-order valence-electron chi connectivity index (χ3n) is 5.22. The zero-order valence-corrected chi connectivity index (χ0v) is 17.9. The summed E-state index contributed by atoms with van der Waals surface area (Å²) >= 11 is 0. The van der Waals surface area contributed by atoms with Crippen LogP contribution in [0.3, 0.4) is 0 Å². The van der Waals surface area contributed by atoms with Gasteiger partial charge in [-0.05, 0) is 62.8 Å². The number of carbonyl (C=O) groups excluding carboxylic acids is 1. The Labute approximate surface area is 163 Å². The van der Waals surface area contributed by atoms with Gasteiger partial charge >= 0.3 is 0 Å². The third-order valence-corrected chi connectivity index (χ3v) is 7.07. The summed E-state index contributed by atoms with van der Waals surface area (Å²) in [5, 5.41) is 6.00. The van der Waals surface area contributed by atoms with Crippen molar-refractivity contribution in [2.24, 2.45) is 11.8 Å². The van der Waals surface area contributed by atoms with E-state index in [1.165, 1.54) is 0 Å². The predicted octanol–water partition coefficient (Wildman–Crippen LogP) is 3.07. The zero-order chi connectivity index (χ0) is 20.2. The van der Waals surface area contributed by atoms with Gasteiger partial charge in [-0.25, -0.2) is 8.42 Å². The van der Waals surface area contributed by atoms with Crippen molar-refractivity contribution in [2.75, 3.05) is 25.0 Å². The van der Waals surface area contributed by atoms with Crippen molar-refractivity contribution in [3.8, 4) is 0 Å². The van der Waals surface area contributed by atoms with Crippen molar-refractivity contribution in [1.29, 1.82) is 0 Å². The highest BCUT2D eigenvalue weighted by atomic mass is 32.2. The lowest BCUT2D eigenvalue weighted by molar-refractivity contribution is -0.115. The number of anilines is 1. The van der Waals surface area contributed by atoms with E-state index >= 15 is 0 Å². The molecular formula is C20H33N3O3S. The number of piperidine rings is 1. The monoisotopic (exact) mass is 395 g/mol. The minimum absolute atomic E-state index is 0.0992. The molecule has 0 radical (unpaired) electrons. The van der Waals surface area contributed by atoms with Gasteiger partial charge in [0.1, 0.15) is 0 Å². The van der Waals surface area contributed by atoms with Crippen molar-refractivity contribution < 1.29 is 13.2 Å². The Morgan fingerprint density at radius 1 is 1.15 bits per heavy atom. The summed E-state index contributed by atoms with van der Waals surface area (Å²) in [4.78, 5) is 12.3. The third kappa shape index (κ3) is 6.02. The first kappa shape index (κ1) is 21.9. The van der Waals surface area contributed by atoms with Crippen LogP contribution in [0.4, 0.5) is 5.69 Å². The smallest absolute Gasteiger partial charge is 0.243 e. The standard InChI is InChI=1S/C20H33N3O3S/c1-6-20(4,5)21-12-19(24)22-17-7-9-18(10-8-17)27(25,26)23-13-15(2)11-16(3)14-23/h7-10,15-16,21H,6,11-14H2,1-5H3,(H,22,24)/t15-,16-/m0/s1. The molecule has 1 fully saturated rings. The Hall–Kier alpha value is -1.44. The van der Waals surface area contributed by atoms with E-state index in [9.17, 15) is 13.2 Å². The van der Waals surface area contributed by atoms with Gasteiger partial charge in [0.25, 0.3) is 0 Å². The summed E-state index contributed by atoms with van der Waals surface area (Å²) in [6, 6.07) is 6.43. The van der Waals surface area contributed by atoms with Gasteiger partial charge in [-0.3, -0.25) is 4.79 Å². The topological polar surface area (TPSA) is 78.5 Å². The highest BCUT2D eigenvalue weighted by molar-refractivity contribution is 7.89. The molecule has 152 valence electrons. The Kier molecular flexibility index (Phi) is 7.05. The summed E-state index contributed by atoms with van der Waals surface area (Å²) in [5.74, 6) is 0.578. The maximum absolute atomic E-state index is 12.9. The molecule has 7 heteroatoms. The van der Waals surface area contributed by atoms with Gasteiger partial charge in [0, 0.05) is 24.3 Å². The van der Waals surface area contributed by atoms with Gasteiger partial charge in [0.2, 0.25) is 15.9 Å². The van der Waals surface area contributed by atoms with Gasteiger partial charge in [-0.15, -0.1) is 0 Å².